The Balaban J connectivity index is 1.87. The maximum Gasteiger partial charge on any atom is 0.184 e. The van der Waals surface area contributed by atoms with Crippen molar-refractivity contribution in [3.8, 4) is 11.9 Å². The Morgan fingerprint density at radius 3 is 2.35 bits per heavy atom. The van der Waals surface area contributed by atoms with Crippen LogP contribution in [-0.2, 0) is 6.54 Å². The fourth-order valence-electron chi connectivity index (χ4n) is 2.23. The van der Waals surface area contributed by atoms with Crippen LogP contribution in [0.3, 0.4) is 0 Å². The van der Waals surface area contributed by atoms with E-state index in [2.05, 4.69) is 11.3 Å². The summed E-state index contributed by atoms with van der Waals surface area (Å²) >= 11 is 0. The van der Waals surface area contributed by atoms with E-state index in [1.54, 1.807) is 18.2 Å². The smallest absolute Gasteiger partial charge is 0.184 e. The van der Waals surface area contributed by atoms with Gasteiger partial charge in [-0.05, 0) is 30.3 Å². The lowest BCUT2D eigenvalue weighted by Crippen LogP contribution is -2.16. The first-order chi connectivity index (χ1) is 11.2. The van der Waals surface area contributed by atoms with Crippen molar-refractivity contribution in [3.63, 3.8) is 0 Å². The molecule has 114 valence electrons. The third-order valence-corrected chi connectivity index (χ3v) is 3.32. The maximum atomic E-state index is 13.8. The van der Waals surface area contributed by atoms with Crippen molar-refractivity contribution in [2.45, 2.75) is 6.54 Å². The average Bonchev–Trinajstić information content (AvgIpc) is 3.01. The number of benzene rings is 2. The lowest BCUT2D eigenvalue weighted by atomic mass is 10.3. The molecule has 0 saturated heterocycles. The van der Waals surface area contributed by atoms with Crippen LogP contribution in [0, 0.1) is 23.1 Å². The third-order valence-electron chi connectivity index (χ3n) is 3.32. The molecule has 0 aliphatic heterocycles. The van der Waals surface area contributed by atoms with Crippen LogP contribution in [0.2, 0.25) is 0 Å². The van der Waals surface area contributed by atoms with Gasteiger partial charge in [0.25, 0.3) is 0 Å². The standard InChI is InChI=1S/C17H12F2N4/c18-15-7-4-8-16(19)17(15)23-10-9-13(21-23)11-22(12-20)14-5-2-1-3-6-14/h1-10H,11H2. The van der Waals surface area contributed by atoms with E-state index in [9.17, 15) is 14.0 Å². The van der Waals surface area contributed by atoms with Gasteiger partial charge >= 0.3 is 0 Å². The molecule has 4 nitrogen and oxygen atoms in total. The van der Waals surface area contributed by atoms with Crippen molar-refractivity contribution in [2.24, 2.45) is 0 Å². The molecule has 0 saturated carbocycles. The first kappa shape index (κ1) is 14.7. The molecular weight excluding hydrogens is 298 g/mol. The summed E-state index contributed by atoms with van der Waals surface area (Å²) in [6.07, 6.45) is 3.54. The molecule has 0 unspecified atom stereocenters. The van der Waals surface area contributed by atoms with E-state index < -0.39 is 11.6 Å². The molecule has 0 aliphatic rings. The minimum Gasteiger partial charge on any atom is -0.273 e. The van der Waals surface area contributed by atoms with Crippen LogP contribution in [0.5, 0.6) is 0 Å². The number of hydrogen-bond acceptors (Lipinski definition) is 3. The van der Waals surface area contributed by atoms with E-state index in [0.717, 1.165) is 10.4 Å². The highest BCUT2D eigenvalue weighted by Gasteiger charge is 2.13. The Hall–Kier alpha value is -3.20. The molecule has 3 aromatic rings. The lowest BCUT2D eigenvalue weighted by Gasteiger charge is -2.13. The Kier molecular flexibility index (Phi) is 4.02. The lowest BCUT2D eigenvalue weighted by molar-refractivity contribution is 0.559. The van der Waals surface area contributed by atoms with Crippen molar-refractivity contribution in [3.05, 3.63) is 78.1 Å². The predicted molar refractivity (Wildman–Crippen MR) is 81.7 cm³/mol. The van der Waals surface area contributed by atoms with E-state index in [1.165, 1.54) is 29.3 Å². The summed E-state index contributed by atoms with van der Waals surface area (Å²) in [5.74, 6) is -1.39. The van der Waals surface area contributed by atoms with Gasteiger partial charge < -0.3 is 0 Å². The summed E-state index contributed by atoms with van der Waals surface area (Å²) in [6, 6.07) is 14.4. The van der Waals surface area contributed by atoms with Gasteiger partial charge in [-0.1, -0.05) is 24.3 Å². The Labute approximate surface area is 131 Å². The highest BCUT2D eigenvalue weighted by atomic mass is 19.1. The fraction of sp³-hybridized carbons (Fsp3) is 0.0588. The van der Waals surface area contributed by atoms with Gasteiger partial charge in [-0.3, -0.25) is 4.90 Å². The Morgan fingerprint density at radius 2 is 1.70 bits per heavy atom. The van der Waals surface area contributed by atoms with Gasteiger partial charge in [-0.25, -0.2) is 13.5 Å². The summed E-state index contributed by atoms with van der Waals surface area (Å²) < 4.78 is 28.7. The molecular formula is C17H12F2N4. The molecule has 6 heteroatoms. The van der Waals surface area contributed by atoms with Crippen LogP contribution in [0.4, 0.5) is 14.5 Å². The quantitative estimate of drug-likeness (QED) is 0.546. The van der Waals surface area contributed by atoms with Gasteiger partial charge in [0.2, 0.25) is 0 Å². The molecule has 0 fully saturated rings. The highest BCUT2D eigenvalue weighted by Crippen LogP contribution is 2.19. The zero-order valence-electron chi connectivity index (χ0n) is 12.0. The van der Waals surface area contributed by atoms with Crippen molar-refractivity contribution in [1.82, 2.24) is 9.78 Å². The molecule has 1 aromatic heterocycles. The second-order valence-electron chi connectivity index (χ2n) is 4.84. The SMILES string of the molecule is N#CN(Cc1ccn(-c2c(F)cccc2F)n1)c1ccccc1. The van der Waals surface area contributed by atoms with Gasteiger partial charge in [-0.2, -0.15) is 10.4 Å². The first-order valence-electron chi connectivity index (χ1n) is 6.90. The molecule has 0 aliphatic carbocycles. The minimum atomic E-state index is -0.695. The van der Waals surface area contributed by atoms with E-state index in [-0.39, 0.29) is 12.2 Å². The monoisotopic (exact) mass is 310 g/mol. The van der Waals surface area contributed by atoms with Crippen LogP contribution in [-0.4, -0.2) is 9.78 Å². The molecule has 0 N–H and O–H groups in total. The summed E-state index contributed by atoms with van der Waals surface area (Å²) in [7, 11) is 0. The van der Waals surface area contributed by atoms with Crippen molar-refractivity contribution in [1.29, 1.82) is 5.26 Å². The van der Waals surface area contributed by atoms with Gasteiger partial charge in [0.1, 0.15) is 5.69 Å². The molecule has 2 aromatic carbocycles. The summed E-state index contributed by atoms with van der Waals surface area (Å²) in [5.41, 5.74) is 1.02. The number of nitriles is 1. The van der Waals surface area contributed by atoms with Gasteiger partial charge in [0.05, 0.1) is 17.9 Å². The Bertz CT molecular complexity index is 832. The molecule has 23 heavy (non-hydrogen) atoms. The topological polar surface area (TPSA) is 44.9 Å². The maximum absolute atomic E-state index is 13.8. The summed E-state index contributed by atoms with van der Waals surface area (Å²) in [4.78, 5) is 1.45. The molecule has 1 heterocycles. The number of anilines is 1. The van der Waals surface area contributed by atoms with Crippen molar-refractivity contribution in [2.75, 3.05) is 4.90 Å². The van der Waals surface area contributed by atoms with Gasteiger partial charge in [0, 0.05) is 6.20 Å². The number of aromatic nitrogens is 2. The molecule has 0 radical (unpaired) electrons. The van der Waals surface area contributed by atoms with Gasteiger partial charge in [-0.15, -0.1) is 0 Å². The average molecular weight is 310 g/mol. The molecule has 0 bridgehead atoms. The number of hydrogen-bond donors (Lipinski definition) is 0. The molecule has 3 rings (SSSR count). The second kappa shape index (κ2) is 6.28. The first-order valence-corrected chi connectivity index (χ1v) is 6.90. The summed E-state index contributed by atoms with van der Waals surface area (Å²) in [5, 5.41) is 13.4. The third kappa shape index (κ3) is 3.04. The van der Waals surface area contributed by atoms with E-state index >= 15 is 0 Å². The van der Waals surface area contributed by atoms with Crippen LogP contribution >= 0.6 is 0 Å². The number of halogens is 2. The number of nitrogens with zero attached hydrogens (tertiary/aromatic N) is 4. The molecule has 0 amide bonds. The van der Waals surface area contributed by atoms with Crippen LogP contribution in [0.1, 0.15) is 5.69 Å². The van der Waals surface area contributed by atoms with Crippen molar-refractivity contribution < 1.29 is 8.78 Å². The zero-order valence-corrected chi connectivity index (χ0v) is 12.0. The fourth-order valence-corrected chi connectivity index (χ4v) is 2.23. The predicted octanol–water partition coefficient (Wildman–Crippen LogP) is 3.64. The van der Waals surface area contributed by atoms with E-state index in [0.29, 0.717) is 5.69 Å². The number of para-hydroxylation sites is 2. The Morgan fingerprint density at radius 1 is 1.00 bits per heavy atom. The zero-order chi connectivity index (χ0) is 16.2. The molecule has 0 atom stereocenters. The minimum absolute atomic E-state index is 0.212. The van der Waals surface area contributed by atoms with Crippen LogP contribution in [0.25, 0.3) is 5.69 Å². The van der Waals surface area contributed by atoms with Crippen molar-refractivity contribution >= 4 is 5.69 Å². The van der Waals surface area contributed by atoms with Crippen LogP contribution < -0.4 is 4.90 Å². The molecule has 0 spiro atoms. The van der Waals surface area contributed by atoms with E-state index in [1.807, 2.05) is 18.2 Å². The second-order valence-corrected chi connectivity index (χ2v) is 4.84. The highest BCUT2D eigenvalue weighted by molar-refractivity contribution is 5.50. The van der Waals surface area contributed by atoms with Crippen LogP contribution in [0.15, 0.2) is 60.8 Å². The normalized spacial score (nSPS) is 10.3. The summed E-state index contributed by atoms with van der Waals surface area (Å²) in [6.45, 7) is 0.212. The number of rotatable bonds is 4. The van der Waals surface area contributed by atoms with Gasteiger partial charge in [0.15, 0.2) is 17.8 Å². The largest absolute Gasteiger partial charge is 0.273 e. The van der Waals surface area contributed by atoms with E-state index in [4.69, 9.17) is 0 Å².